The second kappa shape index (κ2) is 3.83. The molecule has 0 bridgehead atoms. The predicted molar refractivity (Wildman–Crippen MR) is 57.7 cm³/mol. The van der Waals surface area contributed by atoms with Gasteiger partial charge in [0.15, 0.2) is 0 Å². The van der Waals surface area contributed by atoms with E-state index in [1.165, 1.54) is 29.1 Å². The van der Waals surface area contributed by atoms with Crippen molar-refractivity contribution in [2.75, 3.05) is 5.73 Å². The number of hydrogen-bond acceptors (Lipinski definition) is 3. The van der Waals surface area contributed by atoms with E-state index in [2.05, 4.69) is 5.10 Å². The first-order valence-electron chi connectivity index (χ1n) is 4.32. The number of benzene rings is 1. The maximum absolute atomic E-state index is 13.0. The highest BCUT2D eigenvalue weighted by molar-refractivity contribution is 6.32. The molecule has 1 aromatic carbocycles. The minimum Gasteiger partial charge on any atom is -0.382 e. The fourth-order valence-electron chi connectivity index (χ4n) is 1.28. The third-order valence-electron chi connectivity index (χ3n) is 2.06. The lowest BCUT2D eigenvalue weighted by Crippen LogP contribution is -2.03. The van der Waals surface area contributed by atoms with Crippen molar-refractivity contribution in [1.82, 2.24) is 9.78 Å². The highest BCUT2D eigenvalue weighted by atomic mass is 35.5. The Bertz CT molecular complexity index is 585. The lowest BCUT2D eigenvalue weighted by atomic mass is 10.3. The van der Waals surface area contributed by atoms with Crippen LogP contribution in [0.25, 0.3) is 5.69 Å². The molecule has 0 aliphatic heterocycles. The summed E-state index contributed by atoms with van der Waals surface area (Å²) in [7, 11) is 0. The second-order valence-corrected chi connectivity index (χ2v) is 3.47. The normalized spacial score (nSPS) is 10.1. The Morgan fingerprint density at radius 2 is 2.25 bits per heavy atom. The fraction of sp³-hybridized carbons (Fsp3) is 0. The zero-order valence-corrected chi connectivity index (χ0v) is 8.74. The number of nitrogens with zero attached hydrogens (tertiary/aromatic N) is 3. The van der Waals surface area contributed by atoms with Gasteiger partial charge in [-0.05, 0) is 12.1 Å². The average molecular weight is 237 g/mol. The van der Waals surface area contributed by atoms with Gasteiger partial charge in [0.25, 0.3) is 0 Å². The standard InChI is InChI=1S/C10H6ClFN4/c11-8-2-1-7(12)3-9(8)16-10(14)6(4-13)5-15-16/h1-3,5H,14H2. The highest BCUT2D eigenvalue weighted by Crippen LogP contribution is 2.24. The van der Waals surface area contributed by atoms with Crippen molar-refractivity contribution in [2.24, 2.45) is 0 Å². The number of halogens is 2. The van der Waals surface area contributed by atoms with Crippen molar-refractivity contribution in [3.05, 3.63) is 40.8 Å². The van der Waals surface area contributed by atoms with Crippen LogP contribution in [-0.2, 0) is 0 Å². The number of anilines is 1. The van der Waals surface area contributed by atoms with Gasteiger partial charge in [-0.15, -0.1) is 0 Å². The van der Waals surface area contributed by atoms with Gasteiger partial charge in [0.2, 0.25) is 0 Å². The molecule has 0 atom stereocenters. The summed E-state index contributed by atoms with van der Waals surface area (Å²) in [5.74, 6) is -0.317. The van der Waals surface area contributed by atoms with Crippen LogP contribution in [0.1, 0.15) is 5.56 Å². The van der Waals surface area contributed by atoms with E-state index in [4.69, 9.17) is 22.6 Å². The number of nitrogens with two attached hydrogens (primary N) is 1. The van der Waals surface area contributed by atoms with Crippen LogP contribution in [0, 0.1) is 17.1 Å². The van der Waals surface area contributed by atoms with Gasteiger partial charge in [-0.1, -0.05) is 11.6 Å². The van der Waals surface area contributed by atoms with E-state index in [0.717, 1.165) is 0 Å². The molecule has 0 fully saturated rings. The summed E-state index contributed by atoms with van der Waals surface area (Å²) in [6.07, 6.45) is 1.30. The molecule has 0 amide bonds. The first kappa shape index (κ1) is 10.5. The van der Waals surface area contributed by atoms with Crippen molar-refractivity contribution in [2.45, 2.75) is 0 Å². The maximum Gasteiger partial charge on any atom is 0.145 e. The summed E-state index contributed by atoms with van der Waals surface area (Å²) in [6.45, 7) is 0. The van der Waals surface area contributed by atoms with Crippen LogP contribution in [-0.4, -0.2) is 9.78 Å². The van der Waals surface area contributed by atoms with Crippen molar-refractivity contribution < 1.29 is 4.39 Å². The van der Waals surface area contributed by atoms with Crippen LogP contribution in [0.5, 0.6) is 0 Å². The fourth-order valence-corrected chi connectivity index (χ4v) is 1.48. The molecule has 1 heterocycles. The quantitative estimate of drug-likeness (QED) is 0.825. The van der Waals surface area contributed by atoms with Gasteiger partial charge in [0.1, 0.15) is 23.3 Å². The number of rotatable bonds is 1. The van der Waals surface area contributed by atoms with Gasteiger partial charge in [0.05, 0.1) is 16.9 Å². The molecule has 0 aliphatic carbocycles. The SMILES string of the molecule is N#Cc1cnn(-c2cc(F)ccc2Cl)c1N. The minimum atomic E-state index is -0.451. The van der Waals surface area contributed by atoms with E-state index in [1.807, 2.05) is 6.07 Å². The number of aromatic nitrogens is 2. The van der Waals surface area contributed by atoms with E-state index in [1.54, 1.807) is 0 Å². The zero-order valence-electron chi connectivity index (χ0n) is 7.98. The van der Waals surface area contributed by atoms with Crippen LogP contribution in [0.3, 0.4) is 0 Å². The Morgan fingerprint density at radius 1 is 1.50 bits per heavy atom. The molecule has 2 rings (SSSR count). The van der Waals surface area contributed by atoms with Crippen molar-refractivity contribution >= 4 is 17.4 Å². The zero-order chi connectivity index (χ0) is 11.7. The molecule has 0 saturated heterocycles. The molecule has 6 heteroatoms. The largest absolute Gasteiger partial charge is 0.382 e. The minimum absolute atomic E-state index is 0.134. The smallest absolute Gasteiger partial charge is 0.145 e. The average Bonchev–Trinajstić information content (AvgIpc) is 2.63. The number of nitrogen functional groups attached to an aromatic ring is 1. The molecule has 0 saturated carbocycles. The van der Waals surface area contributed by atoms with Crippen LogP contribution >= 0.6 is 11.6 Å². The van der Waals surface area contributed by atoms with Gasteiger partial charge in [0, 0.05) is 6.07 Å². The summed E-state index contributed by atoms with van der Waals surface area (Å²) >= 11 is 5.89. The molecule has 2 N–H and O–H groups in total. The van der Waals surface area contributed by atoms with Crippen molar-refractivity contribution in [3.63, 3.8) is 0 Å². The van der Waals surface area contributed by atoms with Gasteiger partial charge in [-0.3, -0.25) is 0 Å². The topological polar surface area (TPSA) is 67.6 Å². The predicted octanol–water partition coefficient (Wildman–Crippen LogP) is 2.12. The van der Waals surface area contributed by atoms with Gasteiger partial charge < -0.3 is 5.73 Å². The molecule has 0 spiro atoms. The summed E-state index contributed by atoms with van der Waals surface area (Å²) in [5.41, 5.74) is 6.19. The van der Waals surface area contributed by atoms with Crippen LogP contribution in [0.2, 0.25) is 5.02 Å². The van der Waals surface area contributed by atoms with Crippen LogP contribution < -0.4 is 5.73 Å². The molecule has 80 valence electrons. The van der Waals surface area contributed by atoms with Crippen molar-refractivity contribution in [1.29, 1.82) is 5.26 Å². The Hall–Kier alpha value is -2.06. The van der Waals surface area contributed by atoms with E-state index >= 15 is 0 Å². The molecule has 2 aromatic rings. The summed E-state index contributed by atoms with van der Waals surface area (Å²) in [5, 5.41) is 12.9. The van der Waals surface area contributed by atoms with E-state index < -0.39 is 5.82 Å². The number of nitriles is 1. The third-order valence-corrected chi connectivity index (χ3v) is 2.38. The van der Waals surface area contributed by atoms with Gasteiger partial charge in [-0.25, -0.2) is 9.07 Å². The molecular formula is C10H6ClFN4. The van der Waals surface area contributed by atoms with Crippen LogP contribution in [0.15, 0.2) is 24.4 Å². The Balaban J connectivity index is 2.64. The first-order chi connectivity index (χ1) is 7.63. The lowest BCUT2D eigenvalue weighted by molar-refractivity contribution is 0.625. The van der Waals surface area contributed by atoms with E-state index in [-0.39, 0.29) is 11.4 Å². The molecular weight excluding hydrogens is 231 g/mol. The monoisotopic (exact) mass is 236 g/mol. The third kappa shape index (κ3) is 1.59. The summed E-state index contributed by atoms with van der Waals surface area (Å²) in [6, 6.07) is 5.71. The second-order valence-electron chi connectivity index (χ2n) is 3.06. The van der Waals surface area contributed by atoms with E-state index in [0.29, 0.717) is 10.7 Å². The van der Waals surface area contributed by atoms with Gasteiger partial charge in [-0.2, -0.15) is 10.4 Å². The van der Waals surface area contributed by atoms with E-state index in [9.17, 15) is 4.39 Å². The maximum atomic E-state index is 13.0. The van der Waals surface area contributed by atoms with Gasteiger partial charge >= 0.3 is 0 Å². The molecule has 1 aromatic heterocycles. The highest BCUT2D eigenvalue weighted by Gasteiger charge is 2.11. The molecule has 16 heavy (non-hydrogen) atoms. The lowest BCUT2D eigenvalue weighted by Gasteiger charge is -2.06. The summed E-state index contributed by atoms with van der Waals surface area (Å²) in [4.78, 5) is 0. The first-order valence-corrected chi connectivity index (χ1v) is 4.70. The Kier molecular flexibility index (Phi) is 2.50. The Labute approximate surface area is 95.7 Å². The molecule has 0 unspecified atom stereocenters. The molecule has 4 nitrogen and oxygen atoms in total. The Morgan fingerprint density at radius 3 is 2.88 bits per heavy atom. The van der Waals surface area contributed by atoms with Crippen LogP contribution in [0.4, 0.5) is 10.2 Å². The molecule has 0 aliphatic rings. The number of hydrogen-bond donors (Lipinski definition) is 1. The van der Waals surface area contributed by atoms with Crippen molar-refractivity contribution in [3.8, 4) is 11.8 Å². The summed E-state index contributed by atoms with van der Waals surface area (Å²) < 4.78 is 14.3. The molecule has 0 radical (unpaired) electrons.